The van der Waals surface area contributed by atoms with Crippen LogP contribution >= 0.6 is 0 Å². The van der Waals surface area contributed by atoms with Crippen molar-refractivity contribution in [2.24, 2.45) is 27.9 Å². The Balaban J connectivity index is 1.82. The van der Waals surface area contributed by atoms with Crippen LogP contribution in [0.1, 0.15) is 24.0 Å². The predicted molar refractivity (Wildman–Crippen MR) is 163 cm³/mol. The molecule has 0 aliphatic rings. The third-order valence-electron chi connectivity index (χ3n) is 6.80. The molecule has 0 unspecified atom stereocenters. The minimum Gasteiger partial charge on any atom is -0.480 e. The first-order chi connectivity index (χ1) is 20.6. The predicted octanol–water partition coefficient (Wildman–Crippen LogP) is -1.17. The molecule has 13 N–H and O–H groups in total. The van der Waals surface area contributed by atoms with Crippen molar-refractivity contribution < 1.29 is 24.3 Å². The van der Waals surface area contributed by atoms with Crippen LogP contribution in [0.3, 0.4) is 0 Å². The Hall–Kier alpha value is -4.95. The average Bonchev–Trinajstić information content (AvgIpc) is 3.39. The Labute approximate surface area is 248 Å². The maximum Gasteiger partial charge on any atom is 0.327 e. The molecule has 230 valence electrons. The molecular formula is C29H39N9O5. The van der Waals surface area contributed by atoms with Crippen molar-refractivity contribution in [3.63, 3.8) is 0 Å². The quantitative estimate of drug-likeness (QED) is 0.0550. The number of aromatic amines is 1. The summed E-state index contributed by atoms with van der Waals surface area (Å²) in [4.78, 5) is 58.5. The van der Waals surface area contributed by atoms with Gasteiger partial charge in [0.05, 0.1) is 6.04 Å². The van der Waals surface area contributed by atoms with E-state index in [1.165, 1.54) is 0 Å². The molecule has 0 aliphatic heterocycles. The number of carbonyl (C=O) groups excluding carboxylic acids is 3. The number of nitrogens with one attached hydrogen (secondary N) is 4. The average molecular weight is 594 g/mol. The lowest BCUT2D eigenvalue weighted by atomic mass is 10.0. The van der Waals surface area contributed by atoms with E-state index in [4.69, 9.17) is 22.9 Å². The molecule has 14 heteroatoms. The zero-order chi connectivity index (χ0) is 31.4. The fourth-order valence-corrected chi connectivity index (χ4v) is 4.51. The molecule has 0 saturated carbocycles. The summed E-state index contributed by atoms with van der Waals surface area (Å²) < 4.78 is 0. The third-order valence-corrected chi connectivity index (χ3v) is 6.80. The third kappa shape index (κ3) is 9.83. The summed E-state index contributed by atoms with van der Waals surface area (Å²) in [6.07, 6.45) is 2.45. The van der Waals surface area contributed by atoms with Crippen LogP contribution in [-0.2, 0) is 32.0 Å². The lowest BCUT2D eigenvalue weighted by Gasteiger charge is -2.25. The number of carboxylic acids is 1. The van der Waals surface area contributed by atoms with Gasteiger partial charge in [0.25, 0.3) is 0 Å². The second-order valence-corrected chi connectivity index (χ2v) is 10.1. The summed E-state index contributed by atoms with van der Waals surface area (Å²) in [5.74, 6) is -3.39. The van der Waals surface area contributed by atoms with Crippen LogP contribution in [0.4, 0.5) is 0 Å². The molecular weight excluding hydrogens is 554 g/mol. The van der Waals surface area contributed by atoms with E-state index >= 15 is 0 Å². The number of carboxylic acid groups (broad SMARTS) is 1. The topological polar surface area (TPSA) is 257 Å². The number of aliphatic imine (C=N–C) groups is 1. The number of para-hydroxylation sites is 1. The fraction of sp³-hybridized carbons (Fsp3) is 0.345. The fourth-order valence-electron chi connectivity index (χ4n) is 4.51. The van der Waals surface area contributed by atoms with Crippen molar-refractivity contribution in [3.8, 4) is 0 Å². The molecule has 4 atom stereocenters. The highest BCUT2D eigenvalue weighted by Gasteiger charge is 2.30. The molecule has 0 radical (unpaired) electrons. The lowest BCUT2D eigenvalue weighted by molar-refractivity contribution is -0.142. The Morgan fingerprint density at radius 2 is 1.47 bits per heavy atom. The van der Waals surface area contributed by atoms with Gasteiger partial charge in [0.1, 0.15) is 18.1 Å². The standard InChI is InChI=1S/C29H39N9O5/c30-15-24(28(42)43)38-27(41)23(14-18-16-35-21-10-5-4-9-19(18)21)37-26(40)22(11-6-12-34-29(32)33)36-25(39)20(31)13-17-7-2-1-3-8-17/h1-5,7-10,16,20,22-24,35H,6,11-15,30-31H2,(H,36,39)(H,37,40)(H,38,41)(H,42,43)(H4,32,33,34)/t20-,22-,23-,24-/m0/s1. The molecule has 0 spiro atoms. The van der Waals surface area contributed by atoms with E-state index in [2.05, 4.69) is 25.9 Å². The van der Waals surface area contributed by atoms with E-state index in [9.17, 15) is 24.3 Å². The molecule has 0 saturated heterocycles. The monoisotopic (exact) mass is 593 g/mol. The van der Waals surface area contributed by atoms with E-state index in [0.29, 0.717) is 12.0 Å². The number of nitrogens with zero attached hydrogens (tertiary/aromatic N) is 1. The first-order valence-corrected chi connectivity index (χ1v) is 13.8. The van der Waals surface area contributed by atoms with Crippen molar-refractivity contribution in [2.45, 2.75) is 49.9 Å². The lowest BCUT2D eigenvalue weighted by Crippen LogP contribution is -2.58. The van der Waals surface area contributed by atoms with Crippen molar-refractivity contribution in [1.29, 1.82) is 0 Å². The van der Waals surface area contributed by atoms with Gasteiger partial charge in [0, 0.05) is 36.6 Å². The van der Waals surface area contributed by atoms with Gasteiger partial charge >= 0.3 is 5.97 Å². The van der Waals surface area contributed by atoms with Crippen LogP contribution in [0.15, 0.2) is 65.8 Å². The Morgan fingerprint density at radius 1 is 0.837 bits per heavy atom. The van der Waals surface area contributed by atoms with E-state index < -0.39 is 47.9 Å². The first-order valence-electron chi connectivity index (χ1n) is 13.8. The smallest absolute Gasteiger partial charge is 0.327 e. The number of benzene rings is 2. The second-order valence-electron chi connectivity index (χ2n) is 10.1. The van der Waals surface area contributed by atoms with Gasteiger partial charge < -0.3 is 49.0 Å². The summed E-state index contributed by atoms with van der Waals surface area (Å²) in [5, 5.41) is 18.0. The molecule has 3 aromatic rings. The minimum atomic E-state index is -1.36. The van der Waals surface area contributed by atoms with Crippen molar-refractivity contribution in [2.75, 3.05) is 13.1 Å². The molecule has 2 aromatic carbocycles. The molecule has 43 heavy (non-hydrogen) atoms. The maximum absolute atomic E-state index is 13.6. The minimum absolute atomic E-state index is 0.0285. The first kappa shape index (κ1) is 32.6. The van der Waals surface area contributed by atoms with Gasteiger partial charge in [-0.3, -0.25) is 19.4 Å². The largest absolute Gasteiger partial charge is 0.480 e. The SMILES string of the molecule is NC[C@H](NC(=O)[C@H](Cc1c[nH]c2ccccc12)NC(=O)[C@H](CCCN=C(N)N)NC(=O)[C@@H](N)Cc1ccccc1)C(=O)O. The summed E-state index contributed by atoms with van der Waals surface area (Å²) in [7, 11) is 0. The van der Waals surface area contributed by atoms with Gasteiger partial charge in [-0.25, -0.2) is 4.79 Å². The number of guanidine groups is 1. The van der Waals surface area contributed by atoms with Gasteiger partial charge in [-0.15, -0.1) is 0 Å². The van der Waals surface area contributed by atoms with E-state index in [1.807, 2.05) is 54.6 Å². The van der Waals surface area contributed by atoms with Crippen LogP contribution in [0, 0.1) is 0 Å². The van der Waals surface area contributed by atoms with E-state index in [1.54, 1.807) is 6.20 Å². The Kier molecular flexibility index (Phi) is 12.0. The zero-order valence-electron chi connectivity index (χ0n) is 23.7. The van der Waals surface area contributed by atoms with Crippen molar-refractivity contribution >= 4 is 40.6 Å². The second kappa shape index (κ2) is 15.9. The molecule has 3 rings (SSSR count). The van der Waals surface area contributed by atoms with Gasteiger partial charge in [-0.1, -0.05) is 48.5 Å². The van der Waals surface area contributed by atoms with Gasteiger partial charge in [0.15, 0.2) is 5.96 Å². The Morgan fingerprint density at radius 3 is 2.14 bits per heavy atom. The molecule has 0 aliphatic carbocycles. The van der Waals surface area contributed by atoms with Crippen LogP contribution < -0.4 is 38.9 Å². The maximum atomic E-state index is 13.6. The van der Waals surface area contributed by atoms with Gasteiger partial charge in [0.2, 0.25) is 17.7 Å². The van der Waals surface area contributed by atoms with E-state index in [-0.39, 0.29) is 38.3 Å². The summed E-state index contributed by atoms with van der Waals surface area (Å²) in [5.41, 5.74) is 24.9. The van der Waals surface area contributed by atoms with Crippen LogP contribution in [0.5, 0.6) is 0 Å². The van der Waals surface area contributed by atoms with E-state index in [0.717, 1.165) is 16.5 Å². The van der Waals surface area contributed by atoms with Gasteiger partial charge in [-0.2, -0.15) is 0 Å². The molecule has 0 fully saturated rings. The van der Waals surface area contributed by atoms with Crippen LogP contribution in [0.2, 0.25) is 0 Å². The van der Waals surface area contributed by atoms with Gasteiger partial charge in [-0.05, 0) is 36.5 Å². The molecule has 14 nitrogen and oxygen atoms in total. The number of aliphatic carboxylic acids is 1. The summed E-state index contributed by atoms with van der Waals surface area (Å²) >= 11 is 0. The number of amides is 3. The molecule has 3 amide bonds. The highest BCUT2D eigenvalue weighted by atomic mass is 16.4. The summed E-state index contributed by atoms with van der Waals surface area (Å²) in [6.45, 7) is -0.147. The highest BCUT2D eigenvalue weighted by Crippen LogP contribution is 2.19. The number of rotatable bonds is 16. The summed E-state index contributed by atoms with van der Waals surface area (Å²) in [6, 6.07) is 12.0. The number of H-pyrrole nitrogens is 1. The highest BCUT2D eigenvalue weighted by molar-refractivity contribution is 5.95. The van der Waals surface area contributed by atoms with Crippen LogP contribution in [-0.4, -0.2) is 77.0 Å². The Bertz CT molecular complexity index is 1420. The molecule has 0 bridgehead atoms. The van der Waals surface area contributed by atoms with Crippen molar-refractivity contribution in [1.82, 2.24) is 20.9 Å². The number of fused-ring (bicyclic) bond motifs is 1. The molecule has 1 aromatic heterocycles. The number of nitrogens with two attached hydrogens (primary N) is 4. The number of hydrogen-bond donors (Lipinski definition) is 9. The molecule has 1 heterocycles. The zero-order valence-corrected chi connectivity index (χ0v) is 23.7. The number of carbonyl (C=O) groups is 4. The normalized spacial score (nSPS) is 13.7. The number of aromatic nitrogens is 1. The van der Waals surface area contributed by atoms with Crippen molar-refractivity contribution in [3.05, 3.63) is 71.9 Å². The number of hydrogen-bond acceptors (Lipinski definition) is 7. The van der Waals surface area contributed by atoms with Crippen LogP contribution in [0.25, 0.3) is 10.9 Å².